The number of imidazole rings is 1. The molecule has 0 bridgehead atoms. The molecule has 1 aromatic carbocycles. The largest absolute Gasteiger partial charge is 0.383 e. The van der Waals surface area contributed by atoms with Crippen LogP contribution in [0.3, 0.4) is 0 Å². The third-order valence-corrected chi connectivity index (χ3v) is 3.40. The third kappa shape index (κ3) is 1.86. The molecule has 2 heterocycles. The van der Waals surface area contributed by atoms with E-state index in [-0.39, 0.29) is 0 Å². The number of rotatable bonds is 3. The lowest BCUT2D eigenvalue weighted by Gasteiger charge is -2.06. The van der Waals surface area contributed by atoms with Crippen molar-refractivity contribution in [3.63, 3.8) is 0 Å². The van der Waals surface area contributed by atoms with Crippen LogP contribution in [0.5, 0.6) is 0 Å². The summed E-state index contributed by atoms with van der Waals surface area (Å²) in [4.78, 5) is 9.06. The fraction of sp³-hybridized carbons (Fsp3) is 0.125. The number of para-hydroxylation sites is 1. The van der Waals surface area contributed by atoms with Gasteiger partial charge in [-0.05, 0) is 13.0 Å². The van der Waals surface area contributed by atoms with E-state index < -0.39 is 0 Å². The van der Waals surface area contributed by atoms with Crippen LogP contribution in [0.4, 0.5) is 5.82 Å². The second-order valence-electron chi connectivity index (χ2n) is 4.67. The van der Waals surface area contributed by atoms with Crippen LogP contribution in [-0.2, 0) is 6.54 Å². The van der Waals surface area contributed by atoms with Crippen LogP contribution in [0.15, 0.2) is 49.2 Å². The van der Waals surface area contributed by atoms with Crippen molar-refractivity contribution < 1.29 is 0 Å². The topological polar surface area (TPSA) is 56.7 Å². The van der Waals surface area contributed by atoms with Crippen molar-refractivity contribution in [3.8, 4) is 11.3 Å². The quantitative estimate of drug-likeness (QED) is 0.739. The van der Waals surface area contributed by atoms with E-state index in [9.17, 15) is 0 Å². The van der Waals surface area contributed by atoms with Gasteiger partial charge < -0.3 is 10.3 Å². The van der Waals surface area contributed by atoms with E-state index in [1.54, 1.807) is 6.20 Å². The molecule has 0 saturated heterocycles. The van der Waals surface area contributed by atoms with Gasteiger partial charge in [0.1, 0.15) is 17.3 Å². The number of hydrogen-bond acceptors (Lipinski definition) is 3. The molecule has 0 unspecified atom stereocenters. The van der Waals surface area contributed by atoms with Gasteiger partial charge >= 0.3 is 0 Å². The predicted octanol–water partition coefficient (Wildman–Crippen LogP) is 3.17. The standard InChI is InChI=1S/C16H16N4/c1-3-10-20-11(2)19-15(16(20)17)13-8-4-6-12-7-5-9-18-14(12)13/h3-9H,1,10,17H2,2H3. The molecule has 0 amide bonds. The zero-order valence-corrected chi connectivity index (χ0v) is 11.4. The van der Waals surface area contributed by atoms with Gasteiger partial charge in [-0.25, -0.2) is 4.98 Å². The van der Waals surface area contributed by atoms with Crippen molar-refractivity contribution >= 4 is 16.7 Å². The van der Waals surface area contributed by atoms with E-state index in [4.69, 9.17) is 5.73 Å². The third-order valence-electron chi connectivity index (χ3n) is 3.40. The summed E-state index contributed by atoms with van der Waals surface area (Å²) >= 11 is 0. The predicted molar refractivity (Wildman–Crippen MR) is 82.3 cm³/mol. The van der Waals surface area contributed by atoms with E-state index >= 15 is 0 Å². The minimum absolute atomic E-state index is 0.653. The summed E-state index contributed by atoms with van der Waals surface area (Å²) < 4.78 is 1.95. The lowest BCUT2D eigenvalue weighted by atomic mass is 10.1. The Labute approximate surface area is 117 Å². The number of nitrogens with two attached hydrogens (primary N) is 1. The van der Waals surface area contributed by atoms with Crippen LogP contribution < -0.4 is 5.73 Å². The molecule has 2 N–H and O–H groups in total. The molecular weight excluding hydrogens is 248 g/mol. The zero-order valence-electron chi connectivity index (χ0n) is 11.4. The van der Waals surface area contributed by atoms with E-state index in [0.717, 1.165) is 28.0 Å². The Hall–Kier alpha value is -2.62. The molecule has 100 valence electrons. The first kappa shape index (κ1) is 12.4. The first-order chi connectivity index (χ1) is 9.72. The molecule has 0 aliphatic heterocycles. The maximum Gasteiger partial charge on any atom is 0.132 e. The Morgan fingerprint density at radius 3 is 2.90 bits per heavy atom. The molecule has 0 fully saturated rings. The van der Waals surface area contributed by atoms with Crippen molar-refractivity contribution in [3.05, 3.63) is 55.0 Å². The highest BCUT2D eigenvalue weighted by molar-refractivity contribution is 5.94. The fourth-order valence-electron chi connectivity index (χ4n) is 2.43. The number of anilines is 1. The highest BCUT2D eigenvalue weighted by Gasteiger charge is 2.15. The van der Waals surface area contributed by atoms with Crippen LogP contribution >= 0.6 is 0 Å². The van der Waals surface area contributed by atoms with Crippen LogP contribution in [-0.4, -0.2) is 14.5 Å². The van der Waals surface area contributed by atoms with Crippen molar-refractivity contribution in [2.24, 2.45) is 0 Å². The van der Waals surface area contributed by atoms with E-state index in [0.29, 0.717) is 12.4 Å². The van der Waals surface area contributed by atoms with Crippen LogP contribution in [0.2, 0.25) is 0 Å². The number of pyridine rings is 1. The van der Waals surface area contributed by atoms with Crippen molar-refractivity contribution in [1.82, 2.24) is 14.5 Å². The Kier molecular flexibility index (Phi) is 2.99. The number of hydrogen-bond donors (Lipinski definition) is 1. The molecule has 0 atom stereocenters. The van der Waals surface area contributed by atoms with Gasteiger partial charge in [-0.1, -0.05) is 30.3 Å². The molecule has 0 radical (unpaired) electrons. The van der Waals surface area contributed by atoms with Gasteiger partial charge in [0.2, 0.25) is 0 Å². The fourth-order valence-corrected chi connectivity index (χ4v) is 2.43. The Bertz CT molecular complexity index is 781. The normalized spacial score (nSPS) is 10.8. The second-order valence-corrected chi connectivity index (χ2v) is 4.67. The lowest BCUT2D eigenvalue weighted by molar-refractivity contribution is 0.792. The highest BCUT2D eigenvalue weighted by Crippen LogP contribution is 2.31. The SMILES string of the molecule is C=CCn1c(C)nc(-c2cccc3cccnc23)c1N. The van der Waals surface area contributed by atoms with Gasteiger partial charge in [-0.15, -0.1) is 6.58 Å². The van der Waals surface area contributed by atoms with Crippen molar-refractivity contribution in [2.75, 3.05) is 5.73 Å². The van der Waals surface area contributed by atoms with Crippen LogP contribution in [0.25, 0.3) is 22.2 Å². The van der Waals surface area contributed by atoms with Crippen LogP contribution in [0, 0.1) is 6.92 Å². The molecular formula is C16H16N4. The van der Waals surface area contributed by atoms with Gasteiger partial charge in [-0.3, -0.25) is 4.98 Å². The van der Waals surface area contributed by atoms with Gasteiger partial charge in [-0.2, -0.15) is 0 Å². The molecule has 4 nitrogen and oxygen atoms in total. The van der Waals surface area contributed by atoms with Gasteiger partial charge in [0.15, 0.2) is 0 Å². The van der Waals surface area contributed by atoms with Gasteiger partial charge in [0, 0.05) is 23.7 Å². The molecule has 20 heavy (non-hydrogen) atoms. The number of benzene rings is 1. The average molecular weight is 264 g/mol. The number of fused-ring (bicyclic) bond motifs is 1. The van der Waals surface area contributed by atoms with Gasteiger partial charge in [0.05, 0.1) is 5.52 Å². The maximum absolute atomic E-state index is 6.24. The Balaban J connectivity index is 2.26. The summed E-state index contributed by atoms with van der Waals surface area (Å²) in [6.07, 6.45) is 3.60. The molecule has 0 spiro atoms. The number of aromatic nitrogens is 3. The molecule has 0 aliphatic carbocycles. The van der Waals surface area contributed by atoms with E-state index in [2.05, 4.69) is 16.5 Å². The zero-order chi connectivity index (χ0) is 14.1. The summed E-state index contributed by atoms with van der Waals surface area (Å²) in [5.41, 5.74) is 8.91. The number of nitrogen functional groups attached to an aromatic ring is 1. The summed E-state index contributed by atoms with van der Waals surface area (Å²) in [6, 6.07) is 10.0. The molecule has 4 heteroatoms. The van der Waals surface area contributed by atoms with E-state index in [1.807, 2.05) is 47.9 Å². The Morgan fingerprint density at radius 1 is 1.30 bits per heavy atom. The second kappa shape index (κ2) is 4.81. The average Bonchev–Trinajstić information content (AvgIpc) is 2.75. The first-order valence-corrected chi connectivity index (χ1v) is 6.50. The smallest absolute Gasteiger partial charge is 0.132 e. The molecule has 2 aromatic heterocycles. The first-order valence-electron chi connectivity index (χ1n) is 6.50. The molecule has 0 aliphatic rings. The summed E-state index contributed by atoms with van der Waals surface area (Å²) in [7, 11) is 0. The number of nitrogens with zero attached hydrogens (tertiary/aromatic N) is 3. The summed E-state index contributed by atoms with van der Waals surface area (Å²) in [5.74, 6) is 1.53. The van der Waals surface area contributed by atoms with E-state index in [1.165, 1.54) is 0 Å². The molecule has 0 saturated carbocycles. The minimum atomic E-state index is 0.653. The molecule has 3 aromatic rings. The van der Waals surface area contributed by atoms with Crippen molar-refractivity contribution in [2.45, 2.75) is 13.5 Å². The lowest BCUT2D eigenvalue weighted by Crippen LogP contribution is -2.03. The highest BCUT2D eigenvalue weighted by atomic mass is 15.1. The summed E-state index contributed by atoms with van der Waals surface area (Å²) in [5, 5.41) is 1.08. The Morgan fingerprint density at radius 2 is 2.10 bits per heavy atom. The number of allylic oxidation sites excluding steroid dienone is 1. The van der Waals surface area contributed by atoms with Gasteiger partial charge in [0.25, 0.3) is 0 Å². The summed E-state index contributed by atoms with van der Waals surface area (Å²) in [6.45, 7) is 6.36. The minimum Gasteiger partial charge on any atom is -0.383 e. The monoisotopic (exact) mass is 264 g/mol. The number of aryl methyl sites for hydroxylation is 1. The van der Waals surface area contributed by atoms with Crippen LogP contribution in [0.1, 0.15) is 5.82 Å². The molecule has 3 rings (SSSR count). The maximum atomic E-state index is 6.24. The van der Waals surface area contributed by atoms with Crippen molar-refractivity contribution in [1.29, 1.82) is 0 Å².